The third-order valence-corrected chi connectivity index (χ3v) is 5.56. The van der Waals surface area contributed by atoms with Crippen LogP contribution in [0.15, 0.2) is 97.1 Å². The van der Waals surface area contributed by atoms with Gasteiger partial charge in [0.05, 0.1) is 22.8 Å². The number of rotatable bonds is 3. The number of anilines is 1. The minimum atomic E-state index is -0.427. The second kappa shape index (κ2) is 29.2. The molecule has 0 bridgehead atoms. The maximum absolute atomic E-state index is 10.2. The number of hydrogen-bond donors (Lipinski definition) is 0. The van der Waals surface area contributed by atoms with Gasteiger partial charge in [0.25, 0.3) is 5.69 Å². The van der Waals surface area contributed by atoms with E-state index in [-0.39, 0.29) is 36.8 Å². The fraction of sp³-hybridized carbons (Fsp3) is 0.163. The van der Waals surface area contributed by atoms with E-state index in [1.807, 2.05) is 51.4 Å². The van der Waals surface area contributed by atoms with Crippen LogP contribution >= 0.6 is 0 Å². The third-order valence-electron chi connectivity index (χ3n) is 5.56. The standard InChI is InChI=1S/C11H13N.C10H7N.C10H7O.C9H7NO2.C3H4.U/c1-4-5-10-6-8-11(9-7-10)12(2)3;2*1-2-3-9-4-6-10(8-11)7-5-9;1-2-3-8-4-6-9(7-5-8)10(11)12;1-3-2;/h6-9H,1-3H3;2*4-7H,1H3;4-7H,1H3;1H,2H3;/q;;-1;;;. The van der Waals surface area contributed by atoms with E-state index in [0.717, 1.165) is 22.3 Å². The minimum Gasteiger partial charge on any atom is -0.378 e. The van der Waals surface area contributed by atoms with Crippen LogP contribution in [0.25, 0.3) is 0 Å². The van der Waals surface area contributed by atoms with Crippen LogP contribution in [0, 0.1) is 112 Å². The summed E-state index contributed by atoms with van der Waals surface area (Å²) < 4.78 is 0. The van der Waals surface area contributed by atoms with Crippen LogP contribution in [0.2, 0.25) is 0 Å². The Labute approximate surface area is 321 Å². The van der Waals surface area contributed by atoms with Gasteiger partial charge in [-0.1, -0.05) is 23.7 Å². The van der Waals surface area contributed by atoms with Gasteiger partial charge < -0.3 is 9.69 Å². The zero-order valence-corrected chi connectivity index (χ0v) is 33.5. The van der Waals surface area contributed by atoms with Gasteiger partial charge in [0, 0.05) is 85.3 Å². The predicted octanol–water partition coefficient (Wildman–Crippen LogP) is 8.18. The quantitative estimate of drug-likeness (QED) is 0.0898. The molecule has 0 saturated carbocycles. The molecule has 0 atom stereocenters. The van der Waals surface area contributed by atoms with Crippen LogP contribution in [0.1, 0.15) is 68.0 Å². The van der Waals surface area contributed by atoms with Crippen LogP contribution in [-0.4, -0.2) is 25.3 Å². The number of nitriles is 1. The summed E-state index contributed by atoms with van der Waals surface area (Å²) in [7, 11) is 4.06. The number of carbonyl (C=O) groups excluding carboxylic acids is 1. The van der Waals surface area contributed by atoms with Crippen molar-refractivity contribution >= 4 is 17.7 Å². The van der Waals surface area contributed by atoms with E-state index in [4.69, 9.17) is 5.26 Å². The topological polar surface area (TPSA) is 87.2 Å². The van der Waals surface area contributed by atoms with E-state index in [0.29, 0.717) is 11.1 Å². The van der Waals surface area contributed by atoms with Crippen molar-refractivity contribution in [3.05, 3.63) is 141 Å². The SMILES string of the molecule is C#CC.CC#Cc1ccc(C#N)cc1.CC#Cc1ccc(N(C)C)cc1.CC#Cc1ccc([C-]=O)cc1.CC#Cc1ccc([N+](=O)[O-])cc1.[U]. The molecule has 0 unspecified atom stereocenters. The molecule has 4 aromatic rings. The maximum Gasteiger partial charge on any atom is 0.269 e. The van der Waals surface area contributed by atoms with Crippen LogP contribution in [0.3, 0.4) is 0 Å². The fourth-order valence-corrected chi connectivity index (χ4v) is 3.34. The van der Waals surface area contributed by atoms with Gasteiger partial charge in [-0.15, -0.1) is 48.2 Å². The molecule has 0 heterocycles. The summed E-state index contributed by atoms with van der Waals surface area (Å²) >= 11 is 0. The summed E-state index contributed by atoms with van der Waals surface area (Å²) in [6.07, 6.45) is 6.40. The van der Waals surface area contributed by atoms with E-state index < -0.39 is 4.92 Å². The van der Waals surface area contributed by atoms with Gasteiger partial charge in [0.1, 0.15) is 0 Å². The van der Waals surface area contributed by atoms with Crippen molar-refractivity contribution in [3.63, 3.8) is 0 Å². The molecule has 6 nitrogen and oxygen atoms in total. The molecule has 7 heteroatoms. The Kier molecular flexibility index (Phi) is 27.0. The van der Waals surface area contributed by atoms with Crippen LogP contribution in [-0.2, 0) is 4.79 Å². The summed E-state index contributed by atoms with van der Waals surface area (Å²) in [6, 6.07) is 30.6. The van der Waals surface area contributed by atoms with Crippen molar-refractivity contribution in [2.45, 2.75) is 34.6 Å². The van der Waals surface area contributed by atoms with Gasteiger partial charge in [0.2, 0.25) is 0 Å². The maximum atomic E-state index is 10.2. The summed E-state index contributed by atoms with van der Waals surface area (Å²) in [5.74, 6) is 25.0. The van der Waals surface area contributed by atoms with Gasteiger partial charge >= 0.3 is 0 Å². The third kappa shape index (κ3) is 21.1. The minimum absolute atomic E-state index is 0. The van der Waals surface area contributed by atoms with Crippen molar-refractivity contribution in [1.82, 2.24) is 0 Å². The first-order chi connectivity index (χ1) is 23.6. The molecule has 0 aliphatic carbocycles. The van der Waals surface area contributed by atoms with Crippen molar-refractivity contribution < 1.29 is 40.8 Å². The van der Waals surface area contributed by atoms with Gasteiger partial charge in [-0.05, 0) is 95.3 Å². The van der Waals surface area contributed by atoms with Gasteiger partial charge in [-0.25, -0.2) is 0 Å². The number of nitro benzene ring substituents is 1. The van der Waals surface area contributed by atoms with Gasteiger partial charge in [-0.2, -0.15) is 23.0 Å². The molecule has 0 saturated heterocycles. The summed E-state index contributed by atoms with van der Waals surface area (Å²) in [4.78, 5) is 22.0. The molecule has 0 aliphatic heterocycles. The number of nitro groups is 1. The average Bonchev–Trinajstić information content (AvgIpc) is 3.11. The van der Waals surface area contributed by atoms with Crippen LogP contribution < -0.4 is 4.90 Å². The molecular weight excluding hydrogens is 845 g/mol. The molecule has 0 aromatic heterocycles. The second-order valence-corrected chi connectivity index (χ2v) is 9.40. The largest absolute Gasteiger partial charge is 0.378 e. The van der Waals surface area contributed by atoms with Crippen molar-refractivity contribution in [2.75, 3.05) is 19.0 Å². The normalized spacial score (nSPS) is 7.70. The Morgan fingerprint density at radius 1 is 0.620 bits per heavy atom. The molecule has 0 aliphatic rings. The molecule has 248 valence electrons. The van der Waals surface area contributed by atoms with Gasteiger partial charge in [-0.3, -0.25) is 10.1 Å². The summed E-state index contributed by atoms with van der Waals surface area (Å²) in [5, 5.41) is 18.7. The number of nitrogens with zero attached hydrogens (tertiary/aromatic N) is 3. The molecular formula is C43H38N3O3U-. The predicted molar refractivity (Wildman–Crippen MR) is 201 cm³/mol. The molecule has 50 heavy (non-hydrogen) atoms. The number of non-ortho nitro benzene ring substituents is 1. The van der Waals surface area contributed by atoms with E-state index in [1.54, 1.807) is 82.5 Å². The Morgan fingerprint density at radius 2 is 0.920 bits per heavy atom. The average molecular weight is 883 g/mol. The van der Waals surface area contributed by atoms with Crippen LogP contribution in [0.5, 0.6) is 0 Å². The Bertz CT molecular complexity index is 1940. The van der Waals surface area contributed by atoms with Gasteiger partial charge in [0.15, 0.2) is 0 Å². The van der Waals surface area contributed by atoms with E-state index in [1.165, 1.54) is 17.8 Å². The summed E-state index contributed by atoms with van der Waals surface area (Å²) in [6.45, 7) is 8.79. The first-order valence-electron chi connectivity index (χ1n) is 14.7. The zero-order chi connectivity index (χ0) is 36.9. The smallest absolute Gasteiger partial charge is 0.269 e. The van der Waals surface area contributed by atoms with Crippen molar-refractivity contribution in [2.24, 2.45) is 0 Å². The summed E-state index contributed by atoms with van der Waals surface area (Å²) in [5.41, 5.74) is 6.27. The monoisotopic (exact) mass is 882 g/mol. The molecule has 0 fully saturated rings. The van der Waals surface area contributed by atoms with E-state index in [9.17, 15) is 14.9 Å². The molecule has 4 rings (SSSR count). The first-order valence-corrected chi connectivity index (χ1v) is 14.7. The molecule has 0 amide bonds. The molecule has 0 radical (unpaired) electrons. The fourth-order valence-electron chi connectivity index (χ4n) is 3.34. The number of terminal acetylenes is 1. The number of hydrogen-bond acceptors (Lipinski definition) is 5. The Hall–Kier alpha value is -5.91. The van der Waals surface area contributed by atoms with E-state index in [2.05, 4.69) is 76.7 Å². The molecule has 0 spiro atoms. The first kappa shape index (κ1) is 46.2. The molecule has 0 N–H and O–H groups in total. The Morgan fingerprint density at radius 3 is 1.20 bits per heavy atom. The molecule has 4 aromatic carbocycles. The Balaban J connectivity index is 0. The van der Waals surface area contributed by atoms with Crippen molar-refractivity contribution in [3.8, 4) is 65.8 Å². The number of benzene rings is 4. The zero-order valence-electron chi connectivity index (χ0n) is 29.4. The van der Waals surface area contributed by atoms with Crippen molar-refractivity contribution in [1.29, 1.82) is 5.26 Å². The second-order valence-electron chi connectivity index (χ2n) is 9.40. The van der Waals surface area contributed by atoms with Crippen LogP contribution in [0.4, 0.5) is 11.4 Å². The van der Waals surface area contributed by atoms with E-state index >= 15 is 0 Å².